The summed E-state index contributed by atoms with van der Waals surface area (Å²) < 4.78 is 0. The second kappa shape index (κ2) is 11.5. The summed E-state index contributed by atoms with van der Waals surface area (Å²) in [5.74, 6) is -1.85. The van der Waals surface area contributed by atoms with Crippen LogP contribution in [0.2, 0.25) is 0 Å². The van der Waals surface area contributed by atoms with Crippen molar-refractivity contribution in [3.63, 3.8) is 0 Å². The third kappa shape index (κ3) is 5.48. The van der Waals surface area contributed by atoms with Crippen LogP contribution in [0, 0.1) is 17.8 Å². The highest BCUT2D eigenvalue weighted by Crippen LogP contribution is 2.46. The summed E-state index contributed by atoms with van der Waals surface area (Å²) in [5.41, 5.74) is 3.82. The van der Waals surface area contributed by atoms with Gasteiger partial charge in [0.25, 0.3) is 0 Å². The minimum absolute atomic E-state index is 0.174. The number of nitrogens with zero attached hydrogens (tertiary/aromatic N) is 1. The van der Waals surface area contributed by atoms with Gasteiger partial charge in [-0.25, -0.2) is 0 Å². The normalized spacial score (nSPS) is 23.4. The van der Waals surface area contributed by atoms with Gasteiger partial charge in [0.05, 0.1) is 31.1 Å². The molecule has 3 N–H and O–H groups in total. The Balaban J connectivity index is 1.50. The fourth-order valence-corrected chi connectivity index (χ4v) is 6.46. The van der Waals surface area contributed by atoms with Gasteiger partial charge >= 0.3 is 0 Å². The van der Waals surface area contributed by atoms with Gasteiger partial charge in [0, 0.05) is 10.8 Å². The molecule has 6 nitrogen and oxygen atoms in total. The minimum atomic E-state index is -0.794. The molecule has 2 amide bonds. The Labute approximate surface area is 216 Å². The van der Waals surface area contributed by atoms with Crippen molar-refractivity contribution in [3.05, 3.63) is 68.9 Å². The van der Waals surface area contributed by atoms with Gasteiger partial charge < -0.3 is 15.3 Å². The fourth-order valence-electron chi connectivity index (χ4n) is 5.77. The van der Waals surface area contributed by atoms with E-state index in [1.165, 1.54) is 21.8 Å². The molecule has 1 aromatic carbocycles. The first-order chi connectivity index (χ1) is 17.3. The van der Waals surface area contributed by atoms with E-state index >= 15 is 0 Å². The Morgan fingerprint density at radius 2 is 1.92 bits per heavy atom. The molecule has 4 atom stereocenters. The van der Waals surface area contributed by atoms with E-state index < -0.39 is 23.9 Å². The Morgan fingerprint density at radius 1 is 1.17 bits per heavy atom. The highest BCUT2D eigenvalue weighted by molar-refractivity contribution is 7.09. The van der Waals surface area contributed by atoms with Gasteiger partial charge in [0.1, 0.15) is 5.75 Å². The van der Waals surface area contributed by atoms with Gasteiger partial charge in [-0.15, -0.1) is 11.3 Å². The largest absolute Gasteiger partial charge is 0.508 e. The number of aliphatic hydroxyl groups is 2. The molecular weight excluding hydrogens is 474 g/mol. The first-order valence-electron chi connectivity index (χ1n) is 12.7. The average molecular weight is 510 g/mol. The third-order valence-corrected chi connectivity index (χ3v) is 8.30. The van der Waals surface area contributed by atoms with Crippen LogP contribution in [0.3, 0.4) is 0 Å². The van der Waals surface area contributed by atoms with Crippen molar-refractivity contribution in [1.82, 2.24) is 4.90 Å². The van der Waals surface area contributed by atoms with Crippen LogP contribution < -0.4 is 0 Å². The maximum Gasteiger partial charge on any atom is 0.234 e. The van der Waals surface area contributed by atoms with Crippen LogP contribution in [-0.2, 0) is 16.1 Å². The molecule has 0 spiro atoms. The molecule has 2 heterocycles. The highest BCUT2D eigenvalue weighted by atomic mass is 32.1. The lowest BCUT2D eigenvalue weighted by molar-refractivity contribution is -0.140. The summed E-state index contributed by atoms with van der Waals surface area (Å²) in [6, 6.07) is 10.9. The van der Waals surface area contributed by atoms with Gasteiger partial charge in [0.2, 0.25) is 11.8 Å². The van der Waals surface area contributed by atoms with E-state index in [2.05, 4.69) is 13.0 Å². The van der Waals surface area contributed by atoms with Crippen LogP contribution in [0.15, 0.2) is 58.5 Å². The number of benzene rings is 1. The SMILES string of the molecule is CCC/C(=C\c1ccc(O)cc1)CC[C@@H](O)C1=C(C)C[C@H]2C(=O)N(Cc3cccs3)C(=O)[C@H]2[C@H]1CO. The molecule has 1 aromatic heterocycles. The zero-order chi connectivity index (χ0) is 25.8. The van der Waals surface area contributed by atoms with E-state index in [0.29, 0.717) is 19.3 Å². The van der Waals surface area contributed by atoms with E-state index in [9.17, 15) is 24.9 Å². The van der Waals surface area contributed by atoms with Crippen LogP contribution in [0.4, 0.5) is 0 Å². The standard InChI is InChI=1S/C29H35NO5S/c1-3-5-19(15-20-7-10-21(32)11-8-20)9-12-25(33)26-18(2)14-23-27(24(26)17-31)29(35)30(28(23)34)16-22-6-4-13-36-22/h4,6-8,10-11,13,15,23-25,27,31-33H,3,5,9,12,14,16-17H2,1-2H3/b19-15+/t23-,24+,25-,27-/m1/s1. The molecule has 0 saturated carbocycles. The van der Waals surface area contributed by atoms with Crippen LogP contribution in [0.25, 0.3) is 6.08 Å². The van der Waals surface area contributed by atoms with Crippen molar-refractivity contribution in [3.8, 4) is 5.75 Å². The number of allylic oxidation sites excluding steroid dienone is 2. The first kappa shape index (κ1) is 26.3. The molecule has 7 heteroatoms. The number of thiophene rings is 1. The topological polar surface area (TPSA) is 98.1 Å². The van der Waals surface area contributed by atoms with E-state index in [-0.39, 0.29) is 30.7 Å². The van der Waals surface area contributed by atoms with E-state index in [1.54, 1.807) is 12.1 Å². The molecule has 1 fully saturated rings. The van der Waals surface area contributed by atoms with Crippen molar-refractivity contribution in [2.75, 3.05) is 6.61 Å². The zero-order valence-corrected chi connectivity index (χ0v) is 21.7. The summed E-state index contributed by atoms with van der Waals surface area (Å²) in [7, 11) is 0. The number of hydrogen-bond donors (Lipinski definition) is 3. The van der Waals surface area contributed by atoms with Gasteiger partial charge in [-0.1, -0.05) is 48.8 Å². The second-order valence-electron chi connectivity index (χ2n) is 9.90. The van der Waals surface area contributed by atoms with Crippen molar-refractivity contribution < 1.29 is 24.9 Å². The fraction of sp³-hybridized carbons (Fsp3) is 0.448. The highest BCUT2D eigenvalue weighted by Gasteiger charge is 2.54. The van der Waals surface area contributed by atoms with Crippen LogP contribution in [-0.4, -0.2) is 44.7 Å². The lowest BCUT2D eigenvalue weighted by Crippen LogP contribution is -2.38. The molecule has 192 valence electrons. The van der Waals surface area contributed by atoms with Crippen LogP contribution in [0.1, 0.15) is 56.4 Å². The summed E-state index contributed by atoms with van der Waals surface area (Å²) in [6.45, 7) is 4.01. The molecule has 2 aromatic rings. The number of rotatable bonds is 10. The molecule has 36 heavy (non-hydrogen) atoms. The van der Waals surface area contributed by atoms with Crippen LogP contribution in [0.5, 0.6) is 5.75 Å². The Kier molecular flexibility index (Phi) is 8.44. The average Bonchev–Trinajstić information content (AvgIpc) is 3.46. The number of fused-ring (bicyclic) bond motifs is 1. The van der Waals surface area contributed by atoms with Crippen molar-refractivity contribution in [2.24, 2.45) is 17.8 Å². The molecule has 0 radical (unpaired) electrons. The Hall–Kier alpha value is -2.74. The number of carbonyl (C=O) groups excluding carboxylic acids is 2. The number of likely N-dealkylation sites (tertiary alicyclic amines) is 1. The third-order valence-electron chi connectivity index (χ3n) is 7.44. The molecule has 1 aliphatic heterocycles. The van der Waals surface area contributed by atoms with Crippen LogP contribution >= 0.6 is 11.3 Å². The van der Waals surface area contributed by atoms with Gasteiger partial charge in [-0.2, -0.15) is 0 Å². The maximum atomic E-state index is 13.4. The Morgan fingerprint density at radius 3 is 2.56 bits per heavy atom. The van der Waals surface area contributed by atoms with Crippen molar-refractivity contribution in [1.29, 1.82) is 0 Å². The van der Waals surface area contributed by atoms with Crippen molar-refractivity contribution >= 4 is 29.2 Å². The molecule has 1 saturated heterocycles. The number of phenolic OH excluding ortho intramolecular Hbond substituents is 1. The molecule has 2 aliphatic rings. The predicted octanol–water partition coefficient (Wildman–Crippen LogP) is 4.91. The lowest BCUT2D eigenvalue weighted by atomic mass is 9.68. The smallest absolute Gasteiger partial charge is 0.234 e. The molecular formula is C29H35NO5S. The molecule has 1 aliphatic carbocycles. The van der Waals surface area contributed by atoms with Gasteiger partial charge in [-0.05, 0) is 67.3 Å². The number of hydrogen-bond acceptors (Lipinski definition) is 6. The summed E-state index contributed by atoms with van der Waals surface area (Å²) in [4.78, 5) is 28.8. The first-order valence-corrected chi connectivity index (χ1v) is 13.6. The number of aromatic hydroxyl groups is 1. The number of phenols is 1. The summed E-state index contributed by atoms with van der Waals surface area (Å²) in [6.07, 6.45) is 4.76. The van der Waals surface area contributed by atoms with Gasteiger partial charge in [0.15, 0.2) is 0 Å². The quantitative estimate of drug-likeness (QED) is 0.312. The lowest BCUT2D eigenvalue weighted by Gasteiger charge is -2.35. The predicted molar refractivity (Wildman–Crippen MR) is 141 cm³/mol. The monoisotopic (exact) mass is 509 g/mol. The minimum Gasteiger partial charge on any atom is -0.508 e. The number of carbonyl (C=O) groups is 2. The van der Waals surface area contributed by atoms with E-state index in [0.717, 1.165) is 34.4 Å². The van der Waals surface area contributed by atoms with Gasteiger partial charge in [-0.3, -0.25) is 14.5 Å². The maximum absolute atomic E-state index is 13.4. The number of amides is 2. The van der Waals surface area contributed by atoms with E-state index in [1.807, 2.05) is 36.6 Å². The second-order valence-corrected chi connectivity index (χ2v) is 10.9. The number of aliphatic hydroxyl groups excluding tert-OH is 2. The van der Waals surface area contributed by atoms with E-state index in [4.69, 9.17) is 0 Å². The number of imide groups is 1. The molecule has 0 bridgehead atoms. The van der Waals surface area contributed by atoms with Crippen molar-refractivity contribution in [2.45, 2.75) is 58.6 Å². The molecule has 4 rings (SSSR count). The summed E-state index contributed by atoms with van der Waals surface area (Å²) in [5, 5.41) is 33.1. The molecule has 0 unspecified atom stereocenters. The zero-order valence-electron chi connectivity index (χ0n) is 20.9. The Bertz CT molecular complexity index is 1130. The summed E-state index contributed by atoms with van der Waals surface area (Å²) >= 11 is 1.51.